The predicted octanol–water partition coefficient (Wildman–Crippen LogP) is 22.0. The van der Waals surface area contributed by atoms with Gasteiger partial charge in [0.1, 0.15) is 28.7 Å². The quantitative estimate of drug-likeness (QED) is 0.172. The first-order valence-corrected chi connectivity index (χ1v) is 31.8. The number of ether oxygens (including phenoxy) is 5. The summed E-state index contributed by atoms with van der Waals surface area (Å²) in [5, 5.41) is 0. The van der Waals surface area contributed by atoms with Crippen LogP contribution in [-0.4, -0.2) is 35.5 Å². The van der Waals surface area contributed by atoms with Gasteiger partial charge >= 0.3 is 0 Å². The van der Waals surface area contributed by atoms with Crippen molar-refractivity contribution in [2.45, 2.75) is 67.7 Å². The maximum atomic E-state index is 6.10. The van der Waals surface area contributed by atoms with Crippen LogP contribution in [-0.2, 0) is 19.3 Å². The highest BCUT2D eigenvalue weighted by Crippen LogP contribution is 2.44. The third kappa shape index (κ3) is 11.9. The van der Waals surface area contributed by atoms with Gasteiger partial charge in [0.25, 0.3) is 0 Å². The molecule has 92 heavy (non-hydrogen) atoms. The summed E-state index contributed by atoms with van der Waals surface area (Å²) in [6, 6.07) is 80.8. The highest BCUT2D eigenvalue weighted by atomic mass is 16.5. The van der Waals surface area contributed by atoms with E-state index >= 15 is 0 Å². The molecular formula is C87H78O5. The Morgan fingerprint density at radius 2 is 0.359 bits per heavy atom. The average Bonchev–Trinajstić information content (AvgIpc) is 0.912. The summed E-state index contributed by atoms with van der Waals surface area (Å²) >= 11 is 0. The Labute approximate surface area is 543 Å². The number of rotatable bonds is 5. The highest BCUT2D eigenvalue weighted by molar-refractivity contribution is 5.82. The minimum atomic E-state index is 0.580. The van der Waals surface area contributed by atoms with Crippen LogP contribution in [0.4, 0.5) is 0 Å². The van der Waals surface area contributed by atoms with Gasteiger partial charge in [-0.2, -0.15) is 0 Å². The molecule has 0 saturated carbocycles. The Bertz CT molecular complexity index is 4740. The lowest BCUT2D eigenvalue weighted by molar-refractivity contribution is 0.391. The summed E-state index contributed by atoms with van der Waals surface area (Å²) in [6.07, 6.45) is 2.12. The van der Waals surface area contributed by atoms with Crippen LogP contribution < -0.4 is 23.7 Å². The number of hydrogen-bond acceptors (Lipinski definition) is 5. The van der Waals surface area contributed by atoms with E-state index in [1.54, 1.807) is 35.5 Å². The van der Waals surface area contributed by atoms with E-state index in [0.29, 0.717) is 12.8 Å². The van der Waals surface area contributed by atoms with E-state index in [2.05, 4.69) is 255 Å². The van der Waals surface area contributed by atoms with Crippen LogP contribution in [0.25, 0.3) is 100 Å². The highest BCUT2D eigenvalue weighted by Gasteiger charge is 2.21. The molecule has 0 heterocycles. The molecule has 0 atom stereocenters. The lowest BCUT2D eigenvalue weighted by atomic mass is 9.88. The second kappa shape index (κ2) is 25.5. The van der Waals surface area contributed by atoms with E-state index in [4.69, 9.17) is 23.7 Å². The average molecular weight is 1200 g/mol. The summed E-state index contributed by atoms with van der Waals surface area (Å²) in [7, 11) is 8.65. The summed E-state index contributed by atoms with van der Waals surface area (Å²) in [4.78, 5) is 0. The molecule has 0 aliphatic heterocycles. The summed E-state index contributed by atoms with van der Waals surface area (Å²) in [5.74, 6) is 3.86. The van der Waals surface area contributed by atoms with Crippen LogP contribution in [0, 0.1) is 48.5 Å². The first-order valence-electron chi connectivity index (χ1n) is 31.8. The van der Waals surface area contributed by atoms with Crippen molar-refractivity contribution < 1.29 is 23.7 Å². The van der Waals surface area contributed by atoms with E-state index in [-0.39, 0.29) is 0 Å². The molecule has 0 radical (unpaired) electrons. The normalized spacial score (nSPS) is 11.8. The Hall–Kier alpha value is -10.4. The molecule has 7 aliphatic carbocycles. The predicted molar refractivity (Wildman–Crippen MR) is 383 cm³/mol. The van der Waals surface area contributed by atoms with Gasteiger partial charge in [-0.25, -0.2) is 0 Å². The van der Waals surface area contributed by atoms with Gasteiger partial charge in [0.05, 0.1) is 35.5 Å². The third-order valence-corrected chi connectivity index (χ3v) is 19.2. The van der Waals surface area contributed by atoms with E-state index < -0.39 is 0 Å². The molecule has 5 nitrogen and oxygen atoms in total. The zero-order chi connectivity index (χ0) is 63.9. The van der Waals surface area contributed by atoms with Gasteiger partial charge in [-0.05, 0) is 240 Å². The van der Waals surface area contributed by atoms with Crippen LogP contribution >= 0.6 is 0 Å². The number of benzene rings is 12. The van der Waals surface area contributed by atoms with Crippen molar-refractivity contribution in [2.75, 3.05) is 35.5 Å². The Kier molecular flexibility index (Phi) is 16.8. The molecule has 0 amide bonds. The van der Waals surface area contributed by atoms with Crippen LogP contribution in [0.15, 0.2) is 218 Å². The third-order valence-electron chi connectivity index (χ3n) is 19.2. The monoisotopic (exact) mass is 1200 g/mol. The largest absolute Gasteiger partial charge is 0.496 e. The molecule has 456 valence electrons. The number of methoxy groups -OCH3 is 5. The molecule has 5 heteroatoms. The maximum absolute atomic E-state index is 6.10. The maximum Gasteiger partial charge on any atom is 0.130 e. The number of hydrogen-bond donors (Lipinski definition) is 0. The zero-order valence-electron chi connectivity index (χ0n) is 54.9. The Morgan fingerprint density at radius 1 is 0.174 bits per heavy atom. The molecule has 12 aromatic carbocycles. The molecule has 0 fully saturated rings. The van der Waals surface area contributed by atoms with E-state index in [9.17, 15) is 0 Å². The van der Waals surface area contributed by atoms with Gasteiger partial charge < -0.3 is 23.7 Å². The van der Waals surface area contributed by atoms with Crippen molar-refractivity contribution in [3.05, 3.63) is 291 Å². The molecule has 19 rings (SSSR count). The molecule has 0 N–H and O–H groups in total. The van der Waals surface area contributed by atoms with E-state index in [1.807, 2.05) is 12.1 Å². The van der Waals surface area contributed by atoms with Crippen molar-refractivity contribution in [3.63, 3.8) is 0 Å². The number of fused-ring (bicyclic) bond motifs is 6. The van der Waals surface area contributed by atoms with Crippen LogP contribution in [0.2, 0.25) is 0 Å². The smallest absolute Gasteiger partial charge is 0.130 e. The van der Waals surface area contributed by atoms with Crippen molar-refractivity contribution >= 4 is 0 Å². The van der Waals surface area contributed by atoms with Crippen molar-refractivity contribution in [1.29, 1.82) is 0 Å². The van der Waals surface area contributed by atoms with E-state index in [0.717, 1.165) is 102 Å². The molecule has 24 bridgehead atoms. The van der Waals surface area contributed by atoms with Gasteiger partial charge in [0, 0.05) is 36.1 Å². The Balaban J connectivity index is 0.882. The molecule has 12 aromatic rings. The number of aryl methyl sites for hydroxylation is 7. The first-order chi connectivity index (χ1) is 44.7. The molecule has 0 saturated heterocycles. The lowest BCUT2D eigenvalue weighted by Crippen LogP contribution is -2.01. The second-order valence-corrected chi connectivity index (χ2v) is 25.0. The SMILES string of the molecule is COc1cc(OC)c2cc1Cc1cc(c(C)cc1C)-c1ccc(cc1)-c1ccc(cc1)-c1cc(c(C)cc1C)Cc1cc(c(C)cc1C)-c1ccc(cc1)-c1ccc(cc1)-c1cc(c(OC)cc1C)Cc1cc(c(OC)cc1OC)-c1ccc(cc1)-c1ccc-2cc1. The fourth-order valence-electron chi connectivity index (χ4n) is 13.9. The van der Waals surface area contributed by atoms with Gasteiger partial charge in [0.15, 0.2) is 0 Å². The summed E-state index contributed by atoms with van der Waals surface area (Å²) in [6.45, 7) is 15.6. The first kappa shape index (κ1) is 60.5. The minimum Gasteiger partial charge on any atom is -0.496 e. The Morgan fingerprint density at radius 3 is 0.620 bits per heavy atom. The zero-order valence-corrected chi connectivity index (χ0v) is 54.9. The van der Waals surface area contributed by atoms with Crippen molar-refractivity contribution in [2.24, 2.45) is 0 Å². The van der Waals surface area contributed by atoms with Gasteiger partial charge in [-0.15, -0.1) is 0 Å². The molecular weight excluding hydrogens is 1120 g/mol. The van der Waals surface area contributed by atoms with Gasteiger partial charge in [0.2, 0.25) is 0 Å². The van der Waals surface area contributed by atoms with Crippen LogP contribution in [0.1, 0.15) is 72.3 Å². The fourth-order valence-corrected chi connectivity index (χ4v) is 13.9. The molecule has 0 unspecified atom stereocenters. The second-order valence-electron chi connectivity index (χ2n) is 25.0. The summed E-state index contributed by atoms with van der Waals surface area (Å²) < 4.78 is 30.4. The van der Waals surface area contributed by atoms with Gasteiger partial charge in [-0.1, -0.05) is 182 Å². The topological polar surface area (TPSA) is 46.2 Å². The summed E-state index contributed by atoms with van der Waals surface area (Å²) in [5.41, 5.74) is 36.6. The van der Waals surface area contributed by atoms with Crippen molar-refractivity contribution in [1.82, 2.24) is 0 Å². The fraction of sp³-hybridized carbons (Fsp3) is 0.172. The lowest BCUT2D eigenvalue weighted by Gasteiger charge is -2.18. The van der Waals surface area contributed by atoms with E-state index in [1.165, 1.54) is 106 Å². The van der Waals surface area contributed by atoms with Crippen molar-refractivity contribution in [3.8, 4) is 129 Å². The van der Waals surface area contributed by atoms with Crippen LogP contribution in [0.5, 0.6) is 28.7 Å². The van der Waals surface area contributed by atoms with Crippen LogP contribution in [0.3, 0.4) is 0 Å². The molecule has 0 aromatic heterocycles. The van der Waals surface area contributed by atoms with Gasteiger partial charge in [-0.3, -0.25) is 0 Å². The molecule has 0 spiro atoms. The standard InChI is InChI=1S/C87H78O5/c1-52-37-55(4)77-44-71(52)41-72-45-78(56(5)38-53(72)2)66-27-15-61(16-28-66)62-19-31-68(32-20-62)80-47-75(83(88-8)40-58(80)7)43-76-49-82(87(92-12)51-85(76)90-10)70-35-23-64(24-36-70)63-21-33-69(34-22-63)81-48-74(84(89-9)50-86(81)91-11)42-73-46-79(57(6)39-54(73)3)67-29-17-60(18-30-67)59-13-25-65(77)26-14-59/h13-40,44-51H,41-43H2,1-12H3. The minimum absolute atomic E-state index is 0.580. The molecule has 7 aliphatic rings.